The molecule has 0 atom stereocenters. The molecule has 0 unspecified atom stereocenters. The van der Waals surface area contributed by atoms with E-state index < -0.39 is 0 Å². The summed E-state index contributed by atoms with van der Waals surface area (Å²) in [7, 11) is 1.86. The van der Waals surface area contributed by atoms with Crippen molar-refractivity contribution in [2.24, 2.45) is 0 Å². The van der Waals surface area contributed by atoms with E-state index in [0.29, 0.717) is 6.54 Å². The highest BCUT2D eigenvalue weighted by atomic mass is 32.2. The largest absolute Gasteiger partial charge is 0.337 e. The molecule has 0 N–H and O–H groups in total. The Labute approximate surface area is 163 Å². The van der Waals surface area contributed by atoms with Crippen LogP contribution in [-0.4, -0.2) is 22.8 Å². The fraction of sp³-hybridized carbons (Fsp3) is 0.238. The first-order valence-corrected chi connectivity index (χ1v) is 10.3. The van der Waals surface area contributed by atoms with Crippen molar-refractivity contribution in [3.63, 3.8) is 0 Å². The van der Waals surface area contributed by atoms with Crippen LogP contribution in [0.3, 0.4) is 0 Å². The quantitative estimate of drug-likeness (QED) is 0.541. The van der Waals surface area contributed by atoms with Gasteiger partial charge >= 0.3 is 0 Å². The number of nitrogens with zero attached hydrogens (tertiary/aromatic N) is 2. The van der Waals surface area contributed by atoms with Crippen molar-refractivity contribution < 1.29 is 4.79 Å². The summed E-state index contributed by atoms with van der Waals surface area (Å²) in [6, 6.07) is 16.0. The molecule has 1 amide bonds. The Balaban J connectivity index is 1.73. The summed E-state index contributed by atoms with van der Waals surface area (Å²) < 4.78 is 1.04. The number of thioether (sulfide) groups is 1. The molecule has 0 fully saturated rings. The van der Waals surface area contributed by atoms with Crippen LogP contribution < -0.4 is 0 Å². The summed E-state index contributed by atoms with van der Waals surface area (Å²) in [5.41, 5.74) is 5.24. The molecule has 0 aliphatic carbocycles. The number of carbonyl (C=O) groups excluding carboxylic acids is 1. The van der Waals surface area contributed by atoms with E-state index >= 15 is 0 Å². The van der Waals surface area contributed by atoms with Gasteiger partial charge in [0.1, 0.15) is 4.34 Å². The zero-order valence-corrected chi connectivity index (χ0v) is 16.9. The van der Waals surface area contributed by atoms with Crippen LogP contribution in [0, 0.1) is 13.8 Å². The van der Waals surface area contributed by atoms with Gasteiger partial charge in [-0.1, -0.05) is 54.2 Å². The lowest BCUT2D eigenvalue weighted by atomic mass is 10.1. The van der Waals surface area contributed by atoms with Crippen molar-refractivity contribution in [1.82, 2.24) is 9.88 Å². The normalized spacial score (nSPS) is 10.7. The Bertz CT molecular complexity index is 904. The number of rotatable bonds is 6. The lowest BCUT2D eigenvalue weighted by Gasteiger charge is -2.20. The van der Waals surface area contributed by atoms with Crippen molar-refractivity contribution in [1.29, 1.82) is 0 Å². The second kappa shape index (κ2) is 8.52. The average molecular weight is 383 g/mol. The maximum atomic E-state index is 13.0. The summed E-state index contributed by atoms with van der Waals surface area (Å²) in [5.74, 6) is 0.798. The van der Waals surface area contributed by atoms with Gasteiger partial charge < -0.3 is 4.90 Å². The van der Waals surface area contributed by atoms with Gasteiger partial charge in [-0.05, 0) is 36.6 Å². The number of hydrogen-bond acceptors (Lipinski definition) is 4. The monoisotopic (exact) mass is 382 g/mol. The van der Waals surface area contributed by atoms with Crippen molar-refractivity contribution in [3.8, 4) is 0 Å². The van der Waals surface area contributed by atoms with Crippen LogP contribution >= 0.6 is 23.1 Å². The fourth-order valence-electron chi connectivity index (χ4n) is 2.71. The summed E-state index contributed by atoms with van der Waals surface area (Å²) in [5, 5.41) is 2.05. The van der Waals surface area contributed by atoms with Gasteiger partial charge in [-0.15, -0.1) is 11.3 Å². The average Bonchev–Trinajstić information content (AvgIpc) is 3.07. The van der Waals surface area contributed by atoms with Gasteiger partial charge in [0.2, 0.25) is 0 Å². The third-order valence-corrected chi connectivity index (χ3v) is 6.40. The second-order valence-corrected chi connectivity index (χ2v) is 8.37. The van der Waals surface area contributed by atoms with Gasteiger partial charge in [0.15, 0.2) is 0 Å². The first-order valence-electron chi connectivity index (χ1n) is 8.47. The first-order chi connectivity index (χ1) is 12.5. The molecule has 0 bridgehead atoms. The number of hydrogen-bond donors (Lipinski definition) is 0. The maximum Gasteiger partial charge on any atom is 0.254 e. The summed E-state index contributed by atoms with van der Waals surface area (Å²) in [6.07, 6.45) is 0. The minimum Gasteiger partial charge on any atom is -0.337 e. The van der Waals surface area contributed by atoms with Crippen molar-refractivity contribution >= 4 is 29.0 Å². The highest BCUT2D eigenvalue weighted by Crippen LogP contribution is 2.27. The lowest BCUT2D eigenvalue weighted by Crippen LogP contribution is -2.27. The molecule has 0 spiro atoms. The van der Waals surface area contributed by atoms with Crippen molar-refractivity contribution in [3.05, 3.63) is 81.9 Å². The predicted molar refractivity (Wildman–Crippen MR) is 110 cm³/mol. The fourth-order valence-corrected chi connectivity index (χ4v) is 4.57. The molecule has 1 heterocycles. The molecule has 0 radical (unpaired) electrons. The number of amides is 1. The van der Waals surface area contributed by atoms with E-state index in [4.69, 9.17) is 0 Å². The van der Waals surface area contributed by atoms with E-state index in [2.05, 4.69) is 29.4 Å². The van der Waals surface area contributed by atoms with Crippen LogP contribution in [0.4, 0.5) is 0 Å². The van der Waals surface area contributed by atoms with Crippen LogP contribution in [-0.2, 0) is 12.3 Å². The molecule has 5 heteroatoms. The maximum absolute atomic E-state index is 13.0. The molecule has 2 aromatic carbocycles. The lowest BCUT2D eigenvalue weighted by molar-refractivity contribution is 0.0784. The number of aryl methyl sites for hydroxylation is 2. The van der Waals surface area contributed by atoms with E-state index in [0.717, 1.165) is 26.9 Å². The SMILES string of the molecule is Cc1csc(SCc2ccccc2C(=O)N(C)Cc2ccccc2C)n1. The zero-order valence-electron chi connectivity index (χ0n) is 15.2. The second-order valence-electron chi connectivity index (χ2n) is 6.29. The molecule has 0 saturated heterocycles. The first kappa shape index (κ1) is 18.7. The molecule has 1 aromatic heterocycles. The molecule has 134 valence electrons. The molecule has 0 aliphatic rings. The smallest absolute Gasteiger partial charge is 0.254 e. The van der Waals surface area contributed by atoms with Crippen LogP contribution in [0.2, 0.25) is 0 Å². The molecule has 0 saturated carbocycles. The Kier molecular flexibility index (Phi) is 6.12. The molecular weight excluding hydrogens is 360 g/mol. The van der Waals surface area contributed by atoms with Gasteiger partial charge in [0, 0.05) is 36.0 Å². The van der Waals surface area contributed by atoms with E-state index in [1.807, 2.05) is 50.4 Å². The molecule has 3 rings (SSSR count). The van der Waals surface area contributed by atoms with Crippen LogP contribution in [0.5, 0.6) is 0 Å². The van der Waals surface area contributed by atoms with Gasteiger partial charge in [0.25, 0.3) is 5.91 Å². The summed E-state index contributed by atoms with van der Waals surface area (Å²) >= 11 is 3.33. The zero-order chi connectivity index (χ0) is 18.5. The molecule has 3 nitrogen and oxygen atoms in total. The van der Waals surface area contributed by atoms with Crippen LogP contribution in [0.25, 0.3) is 0 Å². The summed E-state index contributed by atoms with van der Waals surface area (Å²) in [4.78, 5) is 19.3. The van der Waals surface area contributed by atoms with E-state index in [1.165, 1.54) is 11.1 Å². The number of carbonyl (C=O) groups is 1. The highest BCUT2D eigenvalue weighted by Gasteiger charge is 2.16. The topological polar surface area (TPSA) is 33.2 Å². The van der Waals surface area contributed by atoms with Crippen LogP contribution in [0.15, 0.2) is 58.3 Å². The van der Waals surface area contributed by atoms with Crippen molar-refractivity contribution in [2.45, 2.75) is 30.5 Å². The third-order valence-electron chi connectivity index (χ3n) is 4.21. The van der Waals surface area contributed by atoms with Crippen LogP contribution in [0.1, 0.15) is 32.7 Å². The number of thiazole rings is 1. The minimum absolute atomic E-state index is 0.0553. The van der Waals surface area contributed by atoms with E-state index in [1.54, 1.807) is 28.0 Å². The number of benzene rings is 2. The molecular formula is C21H22N2OS2. The summed E-state index contributed by atoms with van der Waals surface area (Å²) in [6.45, 7) is 4.69. The Morgan fingerprint density at radius 1 is 1.08 bits per heavy atom. The molecule has 3 aromatic rings. The number of aromatic nitrogens is 1. The minimum atomic E-state index is 0.0553. The standard InChI is InChI=1S/C21H22N2OS2/c1-15-8-4-5-9-17(15)12-23(3)20(24)19-11-7-6-10-18(19)14-26-21-22-16(2)13-25-21/h4-11,13H,12,14H2,1-3H3. The molecule has 0 aliphatic heterocycles. The van der Waals surface area contributed by atoms with E-state index in [9.17, 15) is 4.79 Å². The van der Waals surface area contributed by atoms with Gasteiger partial charge in [-0.3, -0.25) is 4.79 Å². The van der Waals surface area contributed by atoms with Gasteiger partial charge in [-0.2, -0.15) is 0 Å². The Morgan fingerprint density at radius 3 is 2.46 bits per heavy atom. The Hall–Kier alpha value is -2.11. The Morgan fingerprint density at radius 2 is 1.77 bits per heavy atom. The van der Waals surface area contributed by atoms with Gasteiger partial charge in [-0.25, -0.2) is 4.98 Å². The molecule has 26 heavy (non-hydrogen) atoms. The van der Waals surface area contributed by atoms with E-state index in [-0.39, 0.29) is 5.91 Å². The third kappa shape index (κ3) is 4.54. The van der Waals surface area contributed by atoms with Gasteiger partial charge in [0.05, 0.1) is 0 Å². The predicted octanol–water partition coefficient (Wildman–Crippen LogP) is 5.32. The van der Waals surface area contributed by atoms with Crippen molar-refractivity contribution in [2.75, 3.05) is 7.05 Å². The highest BCUT2D eigenvalue weighted by molar-refractivity contribution is 8.00.